The Morgan fingerprint density at radius 1 is 1.20 bits per heavy atom. The maximum absolute atomic E-state index is 10.9. The van der Waals surface area contributed by atoms with Gasteiger partial charge in [0.15, 0.2) is 0 Å². The molecule has 0 radical (unpaired) electrons. The summed E-state index contributed by atoms with van der Waals surface area (Å²) in [7, 11) is 1.41. The maximum atomic E-state index is 10.9. The third-order valence-corrected chi connectivity index (χ3v) is 2.95. The third-order valence-electron chi connectivity index (χ3n) is 2.51. The van der Waals surface area contributed by atoms with E-state index >= 15 is 0 Å². The van der Waals surface area contributed by atoms with Crippen LogP contribution in [0.4, 0.5) is 0 Å². The van der Waals surface area contributed by atoms with Crippen LogP contribution in [0.25, 0.3) is 0 Å². The van der Waals surface area contributed by atoms with Gasteiger partial charge < -0.3 is 4.74 Å². The summed E-state index contributed by atoms with van der Waals surface area (Å²) < 4.78 is 4.56. The van der Waals surface area contributed by atoms with Crippen LogP contribution in [0.15, 0.2) is 0 Å². The van der Waals surface area contributed by atoms with Crippen molar-refractivity contribution in [3.8, 4) is 0 Å². The van der Waals surface area contributed by atoms with Crippen molar-refractivity contribution >= 4 is 17.6 Å². The van der Waals surface area contributed by atoms with Crippen molar-refractivity contribution in [3.63, 3.8) is 0 Å². The lowest BCUT2D eigenvalue weighted by atomic mass is 10.1. The fourth-order valence-corrected chi connectivity index (χ4v) is 1.75. The molecule has 0 aromatic carbocycles. The van der Waals surface area contributed by atoms with Crippen LogP contribution in [0.5, 0.6) is 0 Å². The number of esters is 1. The van der Waals surface area contributed by atoms with Crippen LogP contribution in [0, 0.1) is 0 Å². The van der Waals surface area contributed by atoms with Gasteiger partial charge in [-0.2, -0.15) is 0 Å². The minimum Gasteiger partial charge on any atom is -0.469 e. The molecule has 0 rings (SSSR count). The van der Waals surface area contributed by atoms with Crippen LogP contribution < -0.4 is 0 Å². The van der Waals surface area contributed by atoms with Crippen molar-refractivity contribution in [2.75, 3.05) is 7.11 Å². The largest absolute Gasteiger partial charge is 0.469 e. The lowest BCUT2D eigenvalue weighted by molar-refractivity contribution is -0.140. The van der Waals surface area contributed by atoms with E-state index in [1.807, 2.05) is 0 Å². The van der Waals surface area contributed by atoms with Crippen molar-refractivity contribution in [2.45, 2.75) is 63.7 Å². The molecule has 0 aliphatic heterocycles. The van der Waals surface area contributed by atoms with Gasteiger partial charge in [0.05, 0.1) is 7.11 Å². The minimum absolute atomic E-state index is 0.130. The molecule has 0 saturated carbocycles. The molecule has 0 heterocycles. The molecular weight excluding hydrogens is 212 g/mol. The van der Waals surface area contributed by atoms with Crippen LogP contribution >= 0.6 is 11.6 Å². The molecule has 0 aliphatic rings. The molecule has 0 aliphatic carbocycles. The van der Waals surface area contributed by atoms with Crippen molar-refractivity contribution in [2.24, 2.45) is 0 Å². The molecule has 0 aromatic heterocycles. The number of halogens is 1. The van der Waals surface area contributed by atoms with Crippen molar-refractivity contribution < 1.29 is 9.53 Å². The van der Waals surface area contributed by atoms with Gasteiger partial charge >= 0.3 is 5.97 Å². The minimum atomic E-state index is -0.161. The van der Waals surface area contributed by atoms with Gasteiger partial charge in [-0.25, -0.2) is 0 Å². The molecule has 0 spiro atoms. The van der Waals surface area contributed by atoms with Gasteiger partial charge in [0.25, 0.3) is 0 Å². The molecule has 0 bridgehead atoms. The average molecular weight is 235 g/mol. The van der Waals surface area contributed by atoms with Gasteiger partial charge in [0.1, 0.15) is 0 Å². The number of hydrogen-bond donors (Lipinski definition) is 0. The summed E-state index contributed by atoms with van der Waals surface area (Å²) in [5.74, 6) is -0.161. The fraction of sp³-hybridized carbons (Fsp3) is 0.917. The first-order valence-electron chi connectivity index (χ1n) is 5.91. The molecule has 1 atom stereocenters. The quantitative estimate of drug-likeness (QED) is 0.344. The first-order valence-corrected chi connectivity index (χ1v) is 6.35. The predicted octanol–water partition coefficient (Wildman–Crippen LogP) is 3.91. The first kappa shape index (κ1) is 14.8. The van der Waals surface area contributed by atoms with Crippen LogP contribution in [0.3, 0.4) is 0 Å². The van der Waals surface area contributed by atoms with Crippen LogP contribution in [-0.2, 0) is 9.53 Å². The summed E-state index contributed by atoms with van der Waals surface area (Å²) in [6.45, 7) is 2.21. The highest BCUT2D eigenvalue weighted by Gasteiger charge is 2.07. The summed E-state index contributed by atoms with van der Waals surface area (Å²) >= 11 is 6.09. The molecular formula is C12H23ClO2. The monoisotopic (exact) mass is 234 g/mol. The zero-order chi connectivity index (χ0) is 11.5. The SMILES string of the molecule is CCCCCCCC(Cl)CCC(=O)OC. The number of carbonyl (C=O) groups excluding carboxylic acids is 1. The van der Waals surface area contributed by atoms with Crippen molar-refractivity contribution in [1.82, 2.24) is 0 Å². The molecule has 0 aromatic rings. The maximum Gasteiger partial charge on any atom is 0.305 e. The van der Waals surface area contributed by atoms with Crippen LogP contribution in [0.2, 0.25) is 0 Å². The summed E-state index contributed by atoms with van der Waals surface area (Å²) in [6.07, 6.45) is 8.52. The highest BCUT2D eigenvalue weighted by atomic mass is 35.5. The third kappa shape index (κ3) is 10.1. The van der Waals surface area contributed by atoms with Crippen LogP contribution in [0.1, 0.15) is 58.3 Å². The first-order chi connectivity index (χ1) is 7.20. The number of unbranched alkanes of at least 4 members (excludes halogenated alkanes) is 4. The second-order valence-electron chi connectivity index (χ2n) is 3.91. The molecule has 90 valence electrons. The lowest BCUT2D eigenvalue weighted by Crippen LogP contribution is -2.05. The number of carbonyl (C=O) groups is 1. The Labute approximate surface area is 98.3 Å². The van der Waals surface area contributed by atoms with Gasteiger partial charge in [0, 0.05) is 11.8 Å². The predicted molar refractivity (Wildman–Crippen MR) is 64.3 cm³/mol. The van der Waals surface area contributed by atoms with E-state index in [2.05, 4.69) is 11.7 Å². The van der Waals surface area contributed by atoms with Crippen LogP contribution in [-0.4, -0.2) is 18.5 Å². The Kier molecular flexibility index (Phi) is 10.1. The Hall–Kier alpha value is -0.240. The van der Waals surface area contributed by atoms with E-state index < -0.39 is 0 Å². The van der Waals surface area contributed by atoms with Gasteiger partial charge in [-0.3, -0.25) is 4.79 Å². The van der Waals surface area contributed by atoms with Crippen molar-refractivity contribution in [3.05, 3.63) is 0 Å². The number of ether oxygens (including phenoxy) is 1. The molecule has 0 fully saturated rings. The molecule has 0 N–H and O–H groups in total. The number of rotatable bonds is 9. The zero-order valence-corrected chi connectivity index (χ0v) is 10.7. The van der Waals surface area contributed by atoms with Crippen molar-refractivity contribution in [1.29, 1.82) is 0 Å². The van der Waals surface area contributed by atoms with Gasteiger partial charge in [-0.05, 0) is 12.8 Å². The van der Waals surface area contributed by atoms with Gasteiger partial charge in [-0.15, -0.1) is 11.6 Å². The molecule has 2 nitrogen and oxygen atoms in total. The zero-order valence-electron chi connectivity index (χ0n) is 9.93. The molecule has 15 heavy (non-hydrogen) atoms. The summed E-state index contributed by atoms with van der Waals surface area (Å²) in [5.41, 5.74) is 0. The van der Waals surface area contributed by atoms with E-state index in [-0.39, 0.29) is 11.3 Å². The molecule has 0 amide bonds. The lowest BCUT2D eigenvalue weighted by Gasteiger charge is -2.07. The summed E-state index contributed by atoms with van der Waals surface area (Å²) in [4.78, 5) is 10.9. The smallest absolute Gasteiger partial charge is 0.305 e. The van der Waals surface area contributed by atoms with Gasteiger partial charge in [0.2, 0.25) is 0 Å². The van der Waals surface area contributed by atoms with E-state index in [1.54, 1.807) is 0 Å². The average Bonchev–Trinajstić information content (AvgIpc) is 2.25. The second-order valence-corrected chi connectivity index (χ2v) is 4.53. The Morgan fingerprint density at radius 2 is 1.87 bits per heavy atom. The molecule has 1 unspecified atom stereocenters. The Balaban J connectivity index is 3.25. The van der Waals surface area contributed by atoms with E-state index in [0.29, 0.717) is 6.42 Å². The van der Waals surface area contributed by atoms with E-state index in [0.717, 1.165) is 12.8 Å². The molecule has 3 heteroatoms. The second kappa shape index (κ2) is 10.3. The Morgan fingerprint density at radius 3 is 2.47 bits per heavy atom. The van der Waals surface area contributed by atoms with E-state index in [1.165, 1.54) is 39.2 Å². The topological polar surface area (TPSA) is 26.3 Å². The summed E-state index contributed by atoms with van der Waals surface area (Å²) in [5, 5.41) is 0.130. The number of methoxy groups -OCH3 is 1. The highest BCUT2D eigenvalue weighted by Crippen LogP contribution is 2.15. The standard InChI is InChI=1S/C12H23ClO2/c1-3-4-5-6-7-8-11(13)9-10-12(14)15-2/h11H,3-10H2,1-2H3. The normalized spacial score (nSPS) is 12.5. The van der Waals surface area contributed by atoms with E-state index in [9.17, 15) is 4.79 Å². The van der Waals surface area contributed by atoms with Gasteiger partial charge in [-0.1, -0.05) is 39.0 Å². The Bertz CT molecular complexity index is 160. The number of alkyl halides is 1. The molecule has 0 saturated heterocycles. The fourth-order valence-electron chi connectivity index (χ4n) is 1.49. The van der Waals surface area contributed by atoms with E-state index in [4.69, 9.17) is 11.6 Å². The highest BCUT2D eigenvalue weighted by molar-refractivity contribution is 6.20. The number of hydrogen-bond acceptors (Lipinski definition) is 2. The summed E-state index contributed by atoms with van der Waals surface area (Å²) in [6, 6.07) is 0.